The monoisotopic (exact) mass is 280 g/mol. The maximum Gasteiger partial charge on any atom is 0.106 e. The second-order valence-corrected chi connectivity index (χ2v) is 4.95. The van der Waals surface area contributed by atoms with Crippen LogP contribution >= 0.6 is 15.9 Å². The molecular formula is C13H17BrN2. The number of allylic oxidation sites excluding steroid dienone is 1. The first-order valence-corrected chi connectivity index (χ1v) is 6.64. The summed E-state index contributed by atoms with van der Waals surface area (Å²) in [4.78, 5) is 4.38. The van der Waals surface area contributed by atoms with Gasteiger partial charge in [-0.2, -0.15) is 0 Å². The lowest BCUT2D eigenvalue weighted by atomic mass is 10.2. The lowest BCUT2D eigenvalue weighted by molar-refractivity contribution is 0.664. The fraction of sp³-hybridized carbons (Fsp3) is 0.462. The first-order chi connectivity index (χ1) is 7.84. The SMILES string of the molecule is Brc1cccc(CNCCC2=CCCC2)n1. The van der Waals surface area contributed by atoms with E-state index in [1.54, 1.807) is 5.57 Å². The summed E-state index contributed by atoms with van der Waals surface area (Å²) in [5.74, 6) is 0. The van der Waals surface area contributed by atoms with Crippen LogP contribution in [0.5, 0.6) is 0 Å². The second-order valence-electron chi connectivity index (χ2n) is 4.13. The van der Waals surface area contributed by atoms with Gasteiger partial charge in [-0.05, 0) is 60.3 Å². The van der Waals surface area contributed by atoms with Crippen molar-refractivity contribution in [2.45, 2.75) is 32.2 Å². The van der Waals surface area contributed by atoms with E-state index < -0.39 is 0 Å². The predicted molar refractivity (Wildman–Crippen MR) is 70.2 cm³/mol. The molecule has 86 valence electrons. The summed E-state index contributed by atoms with van der Waals surface area (Å²) in [5, 5.41) is 3.43. The highest BCUT2D eigenvalue weighted by Gasteiger charge is 2.03. The topological polar surface area (TPSA) is 24.9 Å². The molecule has 0 unspecified atom stereocenters. The predicted octanol–water partition coefficient (Wildman–Crippen LogP) is 3.43. The number of nitrogens with zero attached hydrogens (tertiary/aromatic N) is 1. The minimum Gasteiger partial charge on any atom is -0.311 e. The molecule has 0 saturated heterocycles. The van der Waals surface area contributed by atoms with E-state index >= 15 is 0 Å². The number of nitrogens with one attached hydrogen (secondary N) is 1. The number of pyridine rings is 1. The standard InChI is InChI=1S/C13H17BrN2/c14-13-7-3-6-12(16-13)10-15-9-8-11-4-1-2-5-11/h3-4,6-7,15H,1-2,5,8-10H2. The highest BCUT2D eigenvalue weighted by atomic mass is 79.9. The molecule has 1 aromatic rings. The van der Waals surface area contributed by atoms with Crippen LogP contribution < -0.4 is 5.32 Å². The highest BCUT2D eigenvalue weighted by Crippen LogP contribution is 2.19. The van der Waals surface area contributed by atoms with Crippen LogP contribution in [-0.2, 0) is 6.54 Å². The van der Waals surface area contributed by atoms with Crippen molar-refractivity contribution >= 4 is 15.9 Å². The van der Waals surface area contributed by atoms with Gasteiger partial charge in [-0.1, -0.05) is 17.7 Å². The summed E-state index contributed by atoms with van der Waals surface area (Å²) in [6, 6.07) is 6.02. The van der Waals surface area contributed by atoms with Crippen LogP contribution in [0.15, 0.2) is 34.5 Å². The molecule has 0 saturated carbocycles. The zero-order chi connectivity index (χ0) is 11.2. The molecule has 2 rings (SSSR count). The zero-order valence-corrected chi connectivity index (χ0v) is 11.0. The Morgan fingerprint density at radius 2 is 2.31 bits per heavy atom. The third-order valence-corrected chi connectivity index (χ3v) is 3.28. The summed E-state index contributed by atoms with van der Waals surface area (Å²) in [7, 11) is 0. The number of halogens is 1. The van der Waals surface area contributed by atoms with Gasteiger partial charge in [0.2, 0.25) is 0 Å². The molecule has 0 spiro atoms. The maximum atomic E-state index is 4.38. The van der Waals surface area contributed by atoms with Gasteiger partial charge >= 0.3 is 0 Å². The lowest BCUT2D eigenvalue weighted by Gasteiger charge is -2.05. The molecule has 0 amide bonds. The van der Waals surface area contributed by atoms with Gasteiger partial charge in [0.1, 0.15) is 4.60 Å². The minimum absolute atomic E-state index is 0.854. The van der Waals surface area contributed by atoms with Crippen molar-refractivity contribution in [3.05, 3.63) is 40.1 Å². The van der Waals surface area contributed by atoms with Gasteiger partial charge in [0.05, 0.1) is 5.69 Å². The van der Waals surface area contributed by atoms with Crippen molar-refractivity contribution < 1.29 is 0 Å². The van der Waals surface area contributed by atoms with Crippen LogP contribution in [0, 0.1) is 0 Å². The van der Waals surface area contributed by atoms with Crippen molar-refractivity contribution in [1.82, 2.24) is 10.3 Å². The van der Waals surface area contributed by atoms with Gasteiger partial charge < -0.3 is 5.32 Å². The van der Waals surface area contributed by atoms with E-state index in [-0.39, 0.29) is 0 Å². The number of hydrogen-bond acceptors (Lipinski definition) is 2. The molecule has 3 heteroatoms. The molecule has 1 aliphatic carbocycles. The summed E-state index contributed by atoms with van der Waals surface area (Å²) >= 11 is 3.38. The van der Waals surface area contributed by atoms with Crippen LogP contribution in [0.4, 0.5) is 0 Å². The molecule has 1 aliphatic rings. The van der Waals surface area contributed by atoms with E-state index in [0.717, 1.165) is 23.4 Å². The first-order valence-electron chi connectivity index (χ1n) is 5.84. The quantitative estimate of drug-likeness (QED) is 0.508. The fourth-order valence-corrected chi connectivity index (χ4v) is 2.36. The van der Waals surface area contributed by atoms with Crippen molar-refractivity contribution in [2.75, 3.05) is 6.54 Å². The lowest BCUT2D eigenvalue weighted by Crippen LogP contribution is -2.15. The smallest absolute Gasteiger partial charge is 0.106 e. The van der Waals surface area contributed by atoms with Crippen molar-refractivity contribution in [3.63, 3.8) is 0 Å². The van der Waals surface area contributed by atoms with Crippen LogP contribution in [0.3, 0.4) is 0 Å². The maximum absolute atomic E-state index is 4.38. The van der Waals surface area contributed by atoms with E-state index in [1.165, 1.54) is 25.7 Å². The Bertz CT molecular complexity index is 374. The summed E-state index contributed by atoms with van der Waals surface area (Å²) in [6.45, 7) is 1.91. The second kappa shape index (κ2) is 6.16. The van der Waals surface area contributed by atoms with Crippen molar-refractivity contribution in [2.24, 2.45) is 0 Å². The first kappa shape index (κ1) is 11.8. The van der Waals surface area contributed by atoms with E-state index in [9.17, 15) is 0 Å². The third-order valence-electron chi connectivity index (χ3n) is 2.84. The number of rotatable bonds is 5. The van der Waals surface area contributed by atoms with E-state index in [1.807, 2.05) is 18.2 Å². The molecule has 16 heavy (non-hydrogen) atoms. The fourth-order valence-electron chi connectivity index (χ4n) is 1.98. The van der Waals surface area contributed by atoms with Gasteiger partial charge in [-0.15, -0.1) is 0 Å². The summed E-state index contributed by atoms with van der Waals surface area (Å²) < 4.78 is 0.908. The Morgan fingerprint density at radius 1 is 1.38 bits per heavy atom. The van der Waals surface area contributed by atoms with E-state index in [0.29, 0.717) is 0 Å². The van der Waals surface area contributed by atoms with Gasteiger partial charge in [0.25, 0.3) is 0 Å². The molecule has 1 N–H and O–H groups in total. The Hall–Kier alpha value is -0.670. The molecule has 0 atom stereocenters. The van der Waals surface area contributed by atoms with Gasteiger partial charge in [-0.3, -0.25) is 0 Å². The summed E-state index contributed by atoms with van der Waals surface area (Å²) in [6.07, 6.45) is 7.51. The average Bonchev–Trinajstić information content (AvgIpc) is 2.77. The molecule has 2 nitrogen and oxygen atoms in total. The minimum atomic E-state index is 0.854. The van der Waals surface area contributed by atoms with Crippen LogP contribution in [0.1, 0.15) is 31.4 Å². The van der Waals surface area contributed by atoms with Gasteiger partial charge in [0.15, 0.2) is 0 Å². The molecular weight excluding hydrogens is 264 g/mol. The summed E-state index contributed by atoms with van der Waals surface area (Å²) in [5.41, 5.74) is 2.71. The Labute approximate surface area is 105 Å². The van der Waals surface area contributed by atoms with Gasteiger partial charge in [0, 0.05) is 6.54 Å². The Balaban J connectivity index is 1.68. The normalized spacial score (nSPS) is 15.2. The number of aromatic nitrogens is 1. The highest BCUT2D eigenvalue weighted by molar-refractivity contribution is 9.10. The van der Waals surface area contributed by atoms with Crippen LogP contribution in [0.2, 0.25) is 0 Å². The van der Waals surface area contributed by atoms with Crippen molar-refractivity contribution in [3.8, 4) is 0 Å². The Morgan fingerprint density at radius 3 is 3.06 bits per heavy atom. The molecule has 0 aliphatic heterocycles. The molecule has 1 aromatic heterocycles. The Kier molecular flexibility index (Phi) is 4.55. The zero-order valence-electron chi connectivity index (χ0n) is 9.38. The molecule has 0 aromatic carbocycles. The number of hydrogen-bond donors (Lipinski definition) is 1. The van der Waals surface area contributed by atoms with Crippen LogP contribution in [-0.4, -0.2) is 11.5 Å². The largest absolute Gasteiger partial charge is 0.311 e. The molecule has 0 fully saturated rings. The average molecular weight is 281 g/mol. The van der Waals surface area contributed by atoms with E-state index in [4.69, 9.17) is 0 Å². The molecule has 1 heterocycles. The molecule has 0 bridgehead atoms. The van der Waals surface area contributed by atoms with Gasteiger partial charge in [-0.25, -0.2) is 4.98 Å². The van der Waals surface area contributed by atoms with E-state index in [2.05, 4.69) is 32.3 Å². The molecule has 0 radical (unpaired) electrons. The van der Waals surface area contributed by atoms with Crippen molar-refractivity contribution in [1.29, 1.82) is 0 Å². The van der Waals surface area contributed by atoms with Crippen LogP contribution in [0.25, 0.3) is 0 Å². The third kappa shape index (κ3) is 3.72.